The highest BCUT2D eigenvalue weighted by Crippen LogP contribution is 2.51. The van der Waals surface area contributed by atoms with Gasteiger partial charge in [-0.05, 0) is 72.9 Å². The van der Waals surface area contributed by atoms with Crippen LogP contribution in [0.4, 0.5) is 0 Å². The molecule has 0 saturated carbocycles. The van der Waals surface area contributed by atoms with Gasteiger partial charge in [0.2, 0.25) is 0 Å². The van der Waals surface area contributed by atoms with Crippen LogP contribution in [0.15, 0.2) is 33.6 Å². The number of esters is 1. The zero-order valence-electron chi connectivity index (χ0n) is 21.1. The lowest BCUT2D eigenvalue weighted by Gasteiger charge is -2.42. The standard InChI is InChI=1S/C29H38O3S/c1-7-9-10-11-12-21-18-26-25(28(3,4)20-29(5,6)33-26)17-22(21)13-14-23-15-16-24(32-23)19-27(30)31-8-2/h15-18H,7-12,19-20H2,1-6H3. The second-order valence-electron chi connectivity index (χ2n) is 10.2. The Balaban J connectivity index is 1.91. The number of thioether (sulfide) groups is 1. The number of aryl methyl sites for hydroxylation is 1. The number of unbranched alkanes of at least 4 members (excludes halogenated alkanes) is 3. The summed E-state index contributed by atoms with van der Waals surface area (Å²) in [5.74, 6) is 7.49. The Morgan fingerprint density at radius 1 is 1.09 bits per heavy atom. The van der Waals surface area contributed by atoms with E-state index in [1.807, 2.05) is 17.8 Å². The minimum atomic E-state index is -0.280. The molecule has 0 N–H and O–H groups in total. The van der Waals surface area contributed by atoms with Crippen LogP contribution in [-0.4, -0.2) is 17.3 Å². The van der Waals surface area contributed by atoms with E-state index in [2.05, 4.69) is 58.6 Å². The first kappa shape index (κ1) is 25.5. The third-order valence-electron chi connectivity index (χ3n) is 6.09. The zero-order chi connectivity index (χ0) is 24.1. The van der Waals surface area contributed by atoms with E-state index in [0.29, 0.717) is 18.1 Å². The summed E-state index contributed by atoms with van der Waals surface area (Å²) < 4.78 is 11.0. The van der Waals surface area contributed by atoms with Crippen molar-refractivity contribution < 1.29 is 13.9 Å². The van der Waals surface area contributed by atoms with Gasteiger partial charge in [0.05, 0.1) is 6.61 Å². The highest BCUT2D eigenvalue weighted by Gasteiger charge is 2.38. The van der Waals surface area contributed by atoms with Crippen LogP contribution >= 0.6 is 11.8 Å². The molecule has 0 saturated heterocycles. The minimum absolute atomic E-state index is 0.110. The molecule has 1 aromatic heterocycles. The molecular weight excluding hydrogens is 428 g/mol. The first-order valence-electron chi connectivity index (χ1n) is 12.3. The van der Waals surface area contributed by atoms with Gasteiger partial charge >= 0.3 is 5.97 Å². The molecule has 0 aliphatic carbocycles. The van der Waals surface area contributed by atoms with Crippen LogP contribution in [0.2, 0.25) is 0 Å². The van der Waals surface area contributed by atoms with Gasteiger partial charge in [-0.1, -0.05) is 59.8 Å². The lowest BCUT2D eigenvalue weighted by atomic mass is 9.76. The van der Waals surface area contributed by atoms with Crippen LogP contribution in [0.25, 0.3) is 0 Å². The maximum atomic E-state index is 11.7. The summed E-state index contributed by atoms with van der Waals surface area (Å²) in [5.41, 5.74) is 3.94. The molecule has 0 amide bonds. The quantitative estimate of drug-likeness (QED) is 0.230. The second kappa shape index (κ2) is 10.9. The molecule has 2 aromatic rings. The van der Waals surface area contributed by atoms with Crippen molar-refractivity contribution in [1.29, 1.82) is 0 Å². The predicted molar refractivity (Wildman–Crippen MR) is 137 cm³/mol. The van der Waals surface area contributed by atoms with E-state index < -0.39 is 0 Å². The van der Waals surface area contributed by atoms with Crippen molar-refractivity contribution in [2.75, 3.05) is 6.61 Å². The summed E-state index contributed by atoms with van der Waals surface area (Å²) in [6, 6.07) is 8.36. The summed E-state index contributed by atoms with van der Waals surface area (Å²) >= 11 is 2.00. The number of fused-ring (bicyclic) bond motifs is 1. The van der Waals surface area contributed by atoms with Crippen molar-refractivity contribution in [3.63, 3.8) is 0 Å². The molecule has 0 unspecified atom stereocenters. The Kier molecular flexibility index (Phi) is 8.40. The van der Waals surface area contributed by atoms with Gasteiger partial charge in [-0.15, -0.1) is 11.8 Å². The van der Waals surface area contributed by atoms with E-state index in [9.17, 15) is 4.79 Å². The summed E-state index contributed by atoms with van der Waals surface area (Å²) in [6.45, 7) is 13.8. The SMILES string of the molecule is CCCCCCc1cc2c(cc1C#Cc1ccc(CC(=O)OCC)o1)C(C)(C)CC(C)(C)S2. The number of carbonyl (C=O) groups is 1. The molecule has 3 nitrogen and oxygen atoms in total. The van der Waals surface area contributed by atoms with Crippen molar-refractivity contribution >= 4 is 17.7 Å². The Morgan fingerprint density at radius 2 is 1.88 bits per heavy atom. The second-order valence-corrected chi connectivity index (χ2v) is 12.0. The van der Waals surface area contributed by atoms with Crippen molar-refractivity contribution in [3.8, 4) is 11.8 Å². The van der Waals surface area contributed by atoms with Crippen LogP contribution < -0.4 is 0 Å². The van der Waals surface area contributed by atoms with Gasteiger partial charge in [-0.2, -0.15) is 0 Å². The number of rotatable bonds is 8. The Bertz CT molecular complexity index is 1030. The normalized spacial score (nSPS) is 15.9. The lowest BCUT2D eigenvalue weighted by molar-refractivity contribution is -0.142. The lowest BCUT2D eigenvalue weighted by Crippen LogP contribution is -2.33. The van der Waals surface area contributed by atoms with Crippen molar-refractivity contribution in [3.05, 3.63) is 52.5 Å². The maximum absolute atomic E-state index is 11.7. The van der Waals surface area contributed by atoms with E-state index >= 15 is 0 Å². The molecule has 178 valence electrons. The number of hydrogen-bond donors (Lipinski definition) is 0. The average molecular weight is 467 g/mol. The monoisotopic (exact) mass is 466 g/mol. The van der Waals surface area contributed by atoms with Gasteiger partial charge < -0.3 is 9.15 Å². The maximum Gasteiger partial charge on any atom is 0.313 e. The molecule has 0 radical (unpaired) electrons. The van der Waals surface area contributed by atoms with Gasteiger partial charge in [0.15, 0.2) is 5.76 Å². The molecule has 1 aromatic carbocycles. The Labute approximate surface area is 204 Å². The molecule has 33 heavy (non-hydrogen) atoms. The number of hydrogen-bond acceptors (Lipinski definition) is 4. The van der Waals surface area contributed by atoms with Crippen LogP contribution in [-0.2, 0) is 27.8 Å². The summed E-state index contributed by atoms with van der Waals surface area (Å²) in [4.78, 5) is 13.1. The fourth-order valence-electron chi connectivity index (χ4n) is 4.82. The number of benzene rings is 1. The number of ether oxygens (including phenoxy) is 1. The highest BCUT2D eigenvalue weighted by atomic mass is 32.2. The first-order chi connectivity index (χ1) is 15.6. The molecule has 3 rings (SSSR count). The molecular formula is C29H38O3S. The van der Waals surface area contributed by atoms with Gasteiger partial charge in [-0.3, -0.25) is 4.79 Å². The smallest absolute Gasteiger partial charge is 0.313 e. The van der Waals surface area contributed by atoms with Crippen molar-refractivity contribution in [2.45, 2.75) is 102 Å². The number of furan rings is 1. The molecule has 4 heteroatoms. The van der Waals surface area contributed by atoms with Crippen LogP contribution in [0.3, 0.4) is 0 Å². The van der Waals surface area contributed by atoms with Crippen LogP contribution in [0.1, 0.15) is 102 Å². The van der Waals surface area contributed by atoms with Gasteiger partial charge in [-0.25, -0.2) is 0 Å². The Morgan fingerprint density at radius 3 is 2.61 bits per heavy atom. The molecule has 2 heterocycles. The van der Waals surface area contributed by atoms with Crippen LogP contribution in [0.5, 0.6) is 0 Å². The van der Waals surface area contributed by atoms with Crippen LogP contribution in [0, 0.1) is 11.8 Å². The molecule has 1 aliphatic rings. The molecule has 0 spiro atoms. The van der Waals surface area contributed by atoms with E-state index in [1.165, 1.54) is 41.7 Å². The largest absolute Gasteiger partial charge is 0.466 e. The third kappa shape index (κ3) is 6.93. The van der Waals surface area contributed by atoms with E-state index in [0.717, 1.165) is 18.4 Å². The molecule has 0 atom stereocenters. The van der Waals surface area contributed by atoms with Crippen molar-refractivity contribution in [2.24, 2.45) is 0 Å². The van der Waals surface area contributed by atoms with Crippen molar-refractivity contribution in [1.82, 2.24) is 0 Å². The summed E-state index contributed by atoms with van der Waals surface area (Å²) in [6.07, 6.45) is 7.26. The molecule has 0 fully saturated rings. The third-order valence-corrected chi connectivity index (χ3v) is 7.35. The minimum Gasteiger partial charge on any atom is -0.466 e. The van der Waals surface area contributed by atoms with Gasteiger partial charge in [0, 0.05) is 15.2 Å². The molecule has 0 bridgehead atoms. The molecule has 1 aliphatic heterocycles. The fraction of sp³-hybridized carbons (Fsp3) is 0.552. The zero-order valence-corrected chi connectivity index (χ0v) is 21.9. The fourth-order valence-corrected chi connectivity index (χ4v) is 6.49. The van der Waals surface area contributed by atoms with E-state index in [1.54, 1.807) is 13.0 Å². The van der Waals surface area contributed by atoms with Gasteiger partial charge in [0.25, 0.3) is 0 Å². The Hall–Kier alpha value is -2.12. The average Bonchev–Trinajstić information content (AvgIpc) is 3.15. The van der Waals surface area contributed by atoms with Gasteiger partial charge in [0.1, 0.15) is 12.2 Å². The highest BCUT2D eigenvalue weighted by molar-refractivity contribution is 8.00. The summed E-state index contributed by atoms with van der Waals surface area (Å²) in [7, 11) is 0. The number of carbonyl (C=O) groups excluding carboxylic acids is 1. The topological polar surface area (TPSA) is 39.4 Å². The predicted octanol–water partition coefficient (Wildman–Crippen LogP) is 7.46. The van der Waals surface area contributed by atoms with E-state index in [4.69, 9.17) is 9.15 Å². The van der Waals surface area contributed by atoms with E-state index in [-0.39, 0.29) is 22.6 Å². The first-order valence-corrected chi connectivity index (χ1v) is 13.1. The summed E-state index contributed by atoms with van der Waals surface area (Å²) in [5, 5.41) is 0.